The largest absolute Gasteiger partial charge is 0.395 e. The number of aryl methyl sites for hydroxylation is 1. The van der Waals surface area contributed by atoms with Gasteiger partial charge in [-0.3, -0.25) is 0 Å². The van der Waals surface area contributed by atoms with Gasteiger partial charge in [-0.05, 0) is 69.6 Å². The van der Waals surface area contributed by atoms with E-state index in [0.29, 0.717) is 18.2 Å². The minimum absolute atomic E-state index is 0.237. The van der Waals surface area contributed by atoms with Gasteiger partial charge in [-0.1, -0.05) is 6.92 Å². The first kappa shape index (κ1) is 19.4. The van der Waals surface area contributed by atoms with Crippen LogP contribution in [0.15, 0.2) is 12.1 Å². The summed E-state index contributed by atoms with van der Waals surface area (Å²) in [5, 5.41) is 3.47. The molecule has 2 atom stereocenters. The number of piperidine rings is 1. The first-order valence-electron chi connectivity index (χ1n) is 10.2. The van der Waals surface area contributed by atoms with Crippen molar-refractivity contribution in [3.05, 3.63) is 23.5 Å². The second-order valence-electron chi connectivity index (χ2n) is 7.98. The summed E-state index contributed by atoms with van der Waals surface area (Å²) in [6.45, 7) is 7.15. The number of nitrogens with two attached hydrogens (primary N) is 1. The van der Waals surface area contributed by atoms with Gasteiger partial charge in [0.15, 0.2) is 0 Å². The van der Waals surface area contributed by atoms with Crippen LogP contribution in [0.1, 0.15) is 57.4 Å². The highest BCUT2D eigenvalue weighted by molar-refractivity contribution is 5.68. The van der Waals surface area contributed by atoms with Gasteiger partial charge in [0.2, 0.25) is 0 Å². The number of hydrogen-bond acceptors (Lipinski definition) is 4. The van der Waals surface area contributed by atoms with Crippen LogP contribution in [-0.2, 0) is 4.74 Å². The van der Waals surface area contributed by atoms with Gasteiger partial charge in [-0.2, -0.15) is 0 Å². The average molecular weight is 364 g/mol. The van der Waals surface area contributed by atoms with Crippen LogP contribution in [-0.4, -0.2) is 42.8 Å². The Morgan fingerprint density at radius 3 is 2.73 bits per heavy atom. The number of halogens is 1. The quantitative estimate of drug-likeness (QED) is 0.739. The first-order chi connectivity index (χ1) is 12.6. The maximum Gasteiger partial charge on any atom is 0.148 e. The fourth-order valence-electron chi connectivity index (χ4n) is 4.39. The molecule has 26 heavy (non-hydrogen) atoms. The summed E-state index contributed by atoms with van der Waals surface area (Å²) in [7, 11) is 0. The number of ether oxygens (including phenoxy) is 1. The summed E-state index contributed by atoms with van der Waals surface area (Å²) in [5.41, 5.74) is 7.79. The van der Waals surface area contributed by atoms with Crippen LogP contribution in [0, 0.1) is 12.7 Å². The van der Waals surface area contributed by atoms with E-state index in [0.717, 1.165) is 50.2 Å². The molecule has 4 nitrogen and oxygen atoms in total. The SMILES string of the molecule is CCCO[C@@H]1CCC[C@H](N2CCC(Nc3cc(C)cc(F)c3N)CC2)C1. The Labute approximate surface area is 157 Å². The number of likely N-dealkylation sites (tertiary alicyclic amines) is 1. The van der Waals surface area contributed by atoms with E-state index in [4.69, 9.17) is 10.5 Å². The zero-order valence-electron chi connectivity index (χ0n) is 16.3. The third-order valence-electron chi connectivity index (χ3n) is 5.84. The van der Waals surface area contributed by atoms with Crippen LogP contribution in [0.4, 0.5) is 15.8 Å². The minimum Gasteiger partial charge on any atom is -0.395 e. The van der Waals surface area contributed by atoms with Crippen LogP contribution in [0.5, 0.6) is 0 Å². The van der Waals surface area contributed by atoms with Gasteiger partial charge in [0.25, 0.3) is 0 Å². The molecule has 1 aromatic carbocycles. The number of nitrogen functional groups attached to an aromatic ring is 1. The molecule has 0 aromatic heterocycles. The Morgan fingerprint density at radius 2 is 2.00 bits per heavy atom. The summed E-state index contributed by atoms with van der Waals surface area (Å²) in [6.07, 6.45) is 8.65. The first-order valence-corrected chi connectivity index (χ1v) is 10.2. The van der Waals surface area contributed by atoms with Crippen molar-refractivity contribution in [2.45, 2.75) is 77.0 Å². The molecule has 3 rings (SSSR count). The number of nitrogens with zero attached hydrogens (tertiary/aromatic N) is 1. The van der Waals surface area contributed by atoms with Crippen molar-refractivity contribution in [1.29, 1.82) is 0 Å². The summed E-state index contributed by atoms with van der Waals surface area (Å²) in [5.74, 6) is -0.328. The summed E-state index contributed by atoms with van der Waals surface area (Å²) >= 11 is 0. The van der Waals surface area contributed by atoms with Crippen molar-refractivity contribution < 1.29 is 9.13 Å². The average Bonchev–Trinajstić information content (AvgIpc) is 2.65. The fourth-order valence-corrected chi connectivity index (χ4v) is 4.39. The number of nitrogens with one attached hydrogen (secondary N) is 1. The zero-order chi connectivity index (χ0) is 18.5. The molecule has 146 valence electrons. The molecule has 1 heterocycles. The summed E-state index contributed by atoms with van der Waals surface area (Å²) in [6, 6.07) is 4.46. The van der Waals surface area contributed by atoms with Gasteiger partial charge in [0.05, 0.1) is 17.5 Å². The second-order valence-corrected chi connectivity index (χ2v) is 7.98. The summed E-state index contributed by atoms with van der Waals surface area (Å²) in [4.78, 5) is 2.64. The molecule has 1 aliphatic carbocycles. The van der Waals surface area contributed by atoms with Crippen LogP contribution >= 0.6 is 0 Å². The van der Waals surface area contributed by atoms with Crippen LogP contribution < -0.4 is 11.1 Å². The van der Waals surface area contributed by atoms with E-state index in [-0.39, 0.29) is 11.5 Å². The molecule has 1 aliphatic heterocycles. The monoisotopic (exact) mass is 363 g/mol. The van der Waals surface area contributed by atoms with Crippen molar-refractivity contribution in [2.24, 2.45) is 0 Å². The number of hydrogen-bond donors (Lipinski definition) is 2. The second kappa shape index (κ2) is 9.05. The Balaban J connectivity index is 1.50. The minimum atomic E-state index is -0.328. The predicted octanol–water partition coefficient (Wildman–Crippen LogP) is 4.33. The molecule has 2 fully saturated rings. The van der Waals surface area contributed by atoms with Crippen molar-refractivity contribution in [3.8, 4) is 0 Å². The molecule has 1 saturated carbocycles. The van der Waals surface area contributed by atoms with Crippen molar-refractivity contribution in [3.63, 3.8) is 0 Å². The van der Waals surface area contributed by atoms with Gasteiger partial charge in [0, 0.05) is 31.8 Å². The van der Waals surface area contributed by atoms with Gasteiger partial charge in [-0.15, -0.1) is 0 Å². The normalized spacial score (nSPS) is 25.3. The smallest absolute Gasteiger partial charge is 0.148 e. The predicted molar refractivity (Wildman–Crippen MR) is 106 cm³/mol. The highest BCUT2D eigenvalue weighted by atomic mass is 19.1. The van der Waals surface area contributed by atoms with E-state index in [1.54, 1.807) is 0 Å². The molecular weight excluding hydrogens is 329 g/mol. The van der Waals surface area contributed by atoms with E-state index < -0.39 is 0 Å². The lowest BCUT2D eigenvalue weighted by Gasteiger charge is -2.41. The molecule has 5 heteroatoms. The molecule has 3 N–H and O–H groups in total. The Bertz CT molecular complexity index is 587. The van der Waals surface area contributed by atoms with E-state index >= 15 is 0 Å². The number of anilines is 2. The fraction of sp³-hybridized carbons (Fsp3) is 0.714. The zero-order valence-corrected chi connectivity index (χ0v) is 16.3. The number of benzene rings is 1. The topological polar surface area (TPSA) is 50.5 Å². The molecule has 0 amide bonds. The Hall–Kier alpha value is -1.33. The highest BCUT2D eigenvalue weighted by Gasteiger charge is 2.30. The molecule has 0 unspecified atom stereocenters. The lowest BCUT2D eigenvalue weighted by molar-refractivity contribution is -0.00514. The molecule has 0 spiro atoms. The highest BCUT2D eigenvalue weighted by Crippen LogP contribution is 2.30. The molecule has 1 aromatic rings. The lowest BCUT2D eigenvalue weighted by atomic mass is 9.90. The van der Waals surface area contributed by atoms with E-state index in [1.807, 2.05) is 13.0 Å². The van der Waals surface area contributed by atoms with E-state index in [2.05, 4.69) is 17.1 Å². The molecule has 0 radical (unpaired) electrons. The third-order valence-corrected chi connectivity index (χ3v) is 5.84. The van der Waals surface area contributed by atoms with Gasteiger partial charge >= 0.3 is 0 Å². The lowest BCUT2D eigenvalue weighted by Crippen LogP contribution is -2.47. The Kier molecular flexibility index (Phi) is 6.76. The van der Waals surface area contributed by atoms with Gasteiger partial charge in [0.1, 0.15) is 5.82 Å². The Morgan fingerprint density at radius 1 is 1.23 bits per heavy atom. The van der Waals surface area contributed by atoms with Crippen LogP contribution in [0.3, 0.4) is 0 Å². The standard InChI is InChI=1S/C21H34FN3O/c1-3-11-26-18-6-4-5-17(14-18)25-9-7-16(8-10-25)24-20-13-15(2)12-19(22)21(20)23/h12-13,16-18,24H,3-11,14,23H2,1-2H3/t17-,18+/m0/s1. The van der Waals surface area contributed by atoms with Gasteiger partial charge in [-0.25, -0.2) is 4.39 Å². The van der Waals surface area contributed by atoms with E-state index in [1.165, 1.54) is 31.7 Å². The maximum atomic E-state index is 13.8. The van der Waals surface area contributed by atoms with Crippen molar-refractivity contribution in [2.75, 3.05) is 30.7 Å². The van der Waals surface area contributed by atoms with Crippen LogP contribution in [0.25, 0.3) is 0 Å². The molecule has 0 bridgehead atoms. The molecule has 1 saturated heterocycles. The van der Waals surface area contributed by atoms with Crippen molar-refractivity contribution in [1.82, 2.24) is 4.90 Å². The van der Waals surface area contributed by atoms with Gasteiger partial charge < -0.3 is 20.7 Å². The third kappa shape index (κ3) is 4.89. The summed E-state index contributed by atoms with van der Waals surface area (Å²) < 4.78 is 19.8. The number of rotatable bonds is 6. The van der Waals surface area contributed by atoms with Crippen molar-refractivity contribution >= 4 is 11.4 Å². The molecular formula is C21H34FN3O. The van der Waals surface area contributed by atoms with E-state index in [9.17, 15) is 4.39 Å². The molecule has 2 aliphatic rings. The maximum absolute atomic E-state index is 13.8. The van der Waals surface area contributed by atoms with Crippen LogP contribution in [0.2, 0.25) is 0 Å².